The van der Waals surface area contributed by atoms with Gasteiger partial charge in [0.05, 0.1) is 11.4 Å². The van der Waals surface area contributed by atoms with Crippen molar-refractivity contribution in [2.75, 3.05) is 4.90 Å². The molecule has 0 atom stereocenters. The molecule has 0 saturated carbocycles. The van der Waals surface area contributed by atoms with E-state index in [0.717, 1.165) is 33.2 Å². The molecule has 7 aromatic rings. The Morgan fingerprint density at radius 1 is 0.523 bits per heavy atom. The zero-order valence-corrected chi connectivity index (χ0v) is 25.3. The lowest BCUT2D eigenvalue weighted by Crippen LogP contribution is -2.17. The van der Waals surface area contributed by atoms with Gasteiger partial charge in [0, 0.05) is 16.2 Å². The lowest BCUT2D eigenvalue weighted by Gasteiger charge is -2.26. The van der Waals surface area contributed by atoms with Crippen molar-refractivity contribution in [2.45, 2.75) is 38.5 Å². The predicted molar refractivity (Wildman–Crippen MR) is 181 cm³/mol. The highest BCUT2D eigenvalue weighted by atomic mass is 16.4. The van der Waals surface area contributed by atoms with Gasteiger partial charge in [0.2, 0.25) is 0 Å². The average molecular weight is 569 g/mol. The zero-order valence-electron chi connectivity index (χ0n) is 25.3. The zero-order chi connectivity index (χ0) is 29.8. The molecule has 0 N–H and O–H groups in total. The smallest absolute Gasteiger partial charge is 0.307 e. The molecule has 44 heavy (non-hydrogen) atoms. The van der Waals surface area contributed by atoms with E-state index in [2.05, 4.69) is 154 Å². The van der Waals surface area contributed by atoms with E-state index in [4.69, 9.17) is 9.40 Å². The molecule has 0 spiro atoms. The quantitative estimate of drug-likeness (QED) is 0.212. The lowest BCUT2D eigenvalue weighted by molar-refractivity contribution is 0.610. The number of nitrogens with zero attached hydrogens (tertiary/aromatic N) is 2. The van der Waals surface area contributed by atoms with E-state index in [9.17, 15) is 0 Å². The van der Waals surface area contributed by atoms with E-state index in [-0.39, 0.29) is 10.8 Å². The Hall–Kier alpha value is -5.15. The van der Waals surface area contributed by atoms with E-state index in [1.807, 2.05) is 0 Å². The minimum Gasteiger partial charge on any atom is -0.422 e. The van der Waals surface area contributed by atoms with Gasteiger partial charge >= 0.3 is 6.01 Å². The Kier molecular flexibility index (Phi) is 5.02. The van der Waals surface area contributed by atoms with E-state index in [1.54, 1.807) is 0 Å². The molecule has 0 aliphatic heterocycles. The summed E-state index contributed by atoms with van der Waals surface area (Å²) in [5.74, 6) is 0. The molecule has 3 heteroatoms. The van der Waals surface area contributed by atoms with Crippen LogP contribution in [0.2, 0.25) is 0 Å². The molecule has 1 heterocycles. The molecule has 2 aliphatic carbocycles. The first-order valence-corrected chi connectivity index (χ1v) is 15.4. The van der Waals surface area contributed by atoms with Crippen molar-refractivity contribution >= 4 is 39.3 Å². The SMILES string of the molecule is CC1(C)c2ccccc2-c2cc(N(c3ccc4c(c3)C(C)(C)c3ccccc3-4)c3nc4ccc5ccccc5c4o3)ccc21. The third kappa shape index (κ3) is 3.35. The lowest BCUT2D eigenvalue weighted by atomic mass is 9.82. The summed E-state index contributed by atoms with van der Waals surface area (Å²) in [6.45, 7) is 9.29. The molecule has 0 fully saturated rings. The molecular formula is C41H32N2O. The van der Waals surface area contributed by atoms with Crippen LogP contribution in [0.25, 0.3) is 44.1 Å². The molecule has 0 amide bonds. The maximum absolute atomic E-state index is 6.73. The van der Waals surface area contributed by atoms with Crippen molar-refractivity contribution in [1.82, 2.24) is 4.98 Å². The van der Waals surface area contributed by atoms with E-state index >= 15 is 0 Å². The number of hydrogen-bond donors (Lipinski definition) is 0. The molecule has 0 radical (unpaired) electrons. The van der Waals surface area contributed by atoms with Crippen LogP contribution in [0.1, 0.15) is 49.9 Å². The Morgan fingerprint density at radius 3 is 1.91 bits per heavy atom. The number of rotatable bonds is 3. The minimum atomic E-state index is -0.119. The second kappa shape index (κ2) is 8.70. The standard InChI is InChI=1S/C41H32N2O/c1-40(2)34-16-10-8-14-30(34)32-23-26(19-21-35(32)40)43(39-42-37-22-17-25-11-5-6-12-28(25)38(37)44-39)27-18-20-31-29-13-7-9-15-33(29)41(3,4)36(31)24-27/h5-24H,1-4H3. The van der Waals surface area contributed by atoms with Gasteiger partial charge in [0.15, 0.2) is 5.58 Å². The predicted octanol–water partition coefficient (Wildman–Crippen LogP) is 11.1. The van der Waals surface area contributed by atoms with Crippen molar-refractivity contribution in [3.05, 3.63) is 144 Å². The van der Waals surface area contributed by atoms with Gasteiger partial charge in [-0.3, -0.25) is 4.90 Å². The van der Waals surface area contributed by atoms with Crippen LogP contribution in [0.3, 0.4) is 0 Å². The molecule has 3 nitrogen and oxygen atoms in total. The molecule has 0 unspecified atom stereocenters. The summed E-state index contributed by atoms with van der Waals surface area (Å²) in [5, 5.41) is 2.21. The van der Waals surface area contributed by atoms with Gasteiger partial charge in [0.25, 0.3) is 0 Å². The molecule has 0 saturated heterocycles. The topological polar surface area (TPSA) is 29.3 Å². The maximum atomic E-state index is 6.73. The highest BCUT2D eigenvalue weighted by Crippen LogP contribution is 2.53. The minimum absolute atomic E-state index is 0.0603. The van der Waals surface area contributed by atoms with Gasteiger partial charge in [-0.15, -0.1) is 0 Å². The molecule has 2 aliphatic rings. The maximum Gasteiger partial charge on any atom is 0.307 e. The Labute approximate surface area is 257 Å². The van der Waals surface area contributed by atoms with Gasteiger partial charge < -0.3 is 4.42 Å². The first-order valence-electron chi connectivity index (χ1n) is 15.4. The summed E-state index contributed by atoms with van der Waals surface area (Å²) < 4.78 is 6.73. The van der Waals surface area contributed by atoms with Crippen LogP contribution >= 0.6 is 0 Å². The van der Waals surface area contributed by atoms with Crippen molar-refractivity contribution in [3.8, 4) is 22.3 Å². The second-order valence-corrected chi connectivity index (χ2v) is 13.3. The summed E-state index contributed by atoms with van der Waals surface area (Å²) in [6.07, 6.45) is 0. The molecule has 1 aromatic heterocycles. The van der Waals surface area contributed by atoms with Crippen LogP contribution in [-0.4, -0.2) is 4.98 Å². The van der Waals surface area contributed by atoms with Crippen LogP contribution in [-0.2, 0) is 10.8 Å². The summed E-state index contributed by atoms with van der Waals surface area (Å²) >= 11 is 0. The van der Waals surface area contributed by atoms with Crippen molar-refractivity contribution in [1.29, 1.82) is 0 Å². The van der Waals surface area contributed by atoms with Gasteiger partial charge in [-0.1, -0.05) is 119 Å². The van der Waals surface area contributed by atoms with E-state index < -0.39 is 0 Å². The van der Waals surface area contributed by atoms with Crippen molar-refractivity contribution < 1.29 is 4.42 Å². The second-order valence-electron chi connectivity index (χ2n) is 13.3. The summed E-state index contributed by atoms with van der Waals surface area (Å²) in [7, 11) is 0. The van der Waals surface area contributed by atoms with Crippen molar-refractivity contribution in [3.63, 3.8) is 0 Å². The largest absolute Gasteiger partial charge is 0.422 e. The molecule has 0 bridgehead atoms. The molecule has 6 aromatic carbocycles. The highest BCUT2D eigenvalue weighted by molar-refractivity contribution is 6.03. The normalized spacial score (nSPS) is 15.2. The number of benzene rings is 6. The van der Waals surface area contributed by atoms with Crippen molar-refractivity contribution in [2.24, 2.45) is 0 Å². The first-order chi connectivity index (χ1) is 21.3. The first kappa shape index (κ1) is 25.4. The van der Waals surface area contributed by atoms with Crippen LogP contribution in [0, 0.1) is 0 Å². The van der Waals surface area contributed by atoms with Crippen LogP contribution in [0.4, 0.5) is 17.4 Å². The van der Waals surface area contributed by atoms with Crippen LogP contribution < -0.4 is 4.90 Å². The van der Waals surface area contributed by atoms with Gasteiger partial charge in [-0.05, 0) is 80.2 Å². The number of oxazole rings is 1. The number of anilines is 3. The summed E-state index contributed by atoms with van der Waals surface area (Å²) in [4.78, 5) is 7.31. The Bertz CT molecular complexity index is 2300. The fourth-order valence-corrected chi connectivity index (χ4v) is 7.79. The Morgan fingerprint density at radius 2 is 1.11 bits per heavy atom. The number of hydrogen-bond acceptors (Lipinski definition) is 3. The molecule has 212 valence electrons. The Balaban J connectivity index is 1.29. The third-order valence-electron chi connectivity index (χ3n) is 10.1. The fraction of sp³-hybridized carbons (Fsp3) is 0.146. The van der Waals surface area contributed by atoms with Gasteiger partial charge in [0.1, 0.15) is 5.52 Å². The number of fused-ring (bicyclic) bond motifs is 9. The van der Waals surface area contributed by atoms with Gasteiger partial charge in [-0.25, -0.2) is 0 Å². The van der Waals surface area contributed by atoms with E-state index in [0.29, 0.717) is 6.01 Å². The van der Waals surface area contributed by atoms with Crippen LogP contribution in [0.5, 0.6) is 0 Å². The fourth-order valence-electron chi connectivity index (χ4n) is 7.79. The molecule has 9 rings (SSSR count). The number of aromatic nitrogens is 1. The summed E-state index contributed by atoms with van der Waals surface area (Å²) in [6, 6.07) is 44.4. The van der Waals surface area contributed by atoms with Gasteiger partial charge in [-0.2, -0.15) is 4.98 Å². The van der Waals surface area contributed by atoms with Crippen LogP contribution in [0.15, 0.2) is 126 Å². The highest BCUT2D eigenvalue weighted by Gasteiger charge is 2.38. The average Bonchev–Trinajstić information content (AvgIpc) is 3.65. The third-order valence-corrected chi connectivity index (χ3v) is 10.1. The monoisotopic (exact) mass is 568 g/mol. The molecular weight excluding hydrogens is 536 g/mol. The van der Waals surface area contributed by atoms with E-state index in [1.165, 1.54) is 44.5 Å². The summed E-state index contributed by atoms with van der Waals surface area (Å²) in [5.41, 5.74) is 14.1.